The van der Waals surface area contributed by atoms with E-state index in [4.69, 9.17) is 9.84 Å². The number of hydrogen-bond donors (Lipinski definition) is 1. The van der Waals surface area contributed by atoms with E-state index >= 15 is 0 Å². The lowest BCUT2D eigenvalue weighted by Gasteiger charge is -2.25. The number of aliphatic hydroxyl groups excluding tert-OH is 1. The molecule has 98 valence electrons. The molecule has 0 spiro atoms. The van der Waals surface area contributed by atoms with Crippen LogP contribution in [-0.4, -0.2) is 33.6 Å². The van der Waals surface area contributed by atoms with Crippen molar-refractivity contribution in [2.75, 3.05) is 0 Å². The maximum Gasteiger partial charge on any atom is 0.417 e. The third-order valence-electron chi connectivity index (χ3n) is 3.03. The first-order chi connectivity index (χ1) is 8.35. The molecule has 1 fully saturated rings. The Morgan fingerprint density at radius 3 is 2.78 bits per heavy atom. The summed E-state index contributed by atoms with van der Waals surface area (Å²) in [7, 11) is 0. The van der Waals surface area contributed by atoms with Gasteiger partial charge < -0.3 is 9.84 Å². The van der Waals surface area contributed by atoms with Gasteiger partial charge in [-0.1, -0.05) is 12.2 Å². The van der Waals surface area contributed by atoms with Gasteiger partial charge in [0.15, 0.2) is 0 Å². The van der Waals surface area contributed by atoms with Gasteiger partial charge in [-0.05, 0) is 27.2 Å². The summed E-state index contributed by atoms with van der Waals surface area (Å²) in [5.74, 6) is -0.610. The number of hydrogen-bond acceptors (Lipinski definition) is 4. The average molecular weight is 251 g/mol. The smallest absolute Gasteiger partial charge is 0.417 e. The molecule has 0 aromatic carbocycles. The maximum atomic E-state index is 12.0. The first-order valence-electron chi connectivity index (χ1n) is 5.92. The molecule has 1 aliphatic heterocycles. The maximum absolute atomic E-state index is 12.0. The molecule has 18 heavy (non-hydrogen) atoms. The minimum atomic E-state index is -0.661. The second-order valence-electron chi connectivity index (χ2n) is 5.50. The van der Waals surface area contributed by atoms with Crippen LogP contribution in [0.25, 0.3) is 0 Å². The average Bonchev–Trinajstić information content (AvgIpc) is 2.73. The molecule has 1 heterocycles. The topological polar surface area (TPSA) is 66.8 Å². The summed E-state index contributed by atoms with van der Waals surface area (Å²) >= 11 is 0. The summed E-state index contributed by atoms with van der Waals surface area (Å²) in [6.07, 6.45) is 4.51. The molecule has 0 aromatic rings. The van der Waals surface area contributed by atoms with Crippen molar-refractivity contribution in [1.29, 1.82) is 0 Å². The molecule has 1 saturated heterocycles. The van der Waals surface area contributed by atoms with E-state index in [2.05, 4.69) is 0 Å². The van der Waals surface area contributed by atoms with Crippen LogP contribution in [-0.2, 0) is 9.53 Å². The predicted octanol–water partition coefficient (Wildman–Crippen LogP) is 2.15. The van der Waals surface area contributed by atoms with Gasteiger partial charge in [-0.25, -0.2) is 9.69 Å². The Kier molecular flexibility index (Phi) is 2.92. The number of aliphatic hydroxyl groups is 1. The van der Waals surface area contributed by atoms with Gasteiger partial charge in [0.2, 0.25) is 0 Å². The highest BCUT2D eigenvalue weighted by atomic mass is 16.6. The van der Waals surface area contributed by atoms with Gasteiger partial charge >= 0.3 is 6.09 Å². The van der Waals surface area contributed by atoms with Crippen molar-refractivity contribution in [1.82, 2.24) is 4.90 Å². The van der Waals surface area contributed by atoms with Crippen molar-refractivity contribution in [2.24, 2.45) is 5.92 Å². The minimum absolute atomic E-state index is 0.144. The van der Waals surface area contributed by atoms with Crippen molar-refractivity contribution in [3.05, 3.63) is 24.0 Å². The zero-order valence-electron chi connectivity index (χ0n) is 10.7. The van der Waals surface area contributed by atoms with Gasteiger partial charge in [0.05, 0.1) is 17.9 Å². The number of rotatable bonds is 0. The van der Waals surface area contributed by atoms with Gasteiger partial charge in [-0.2, -0.15) is 0 Å². The SMILES string of the molecule is CC(C)(C)OC(=O)N1C(=O)/C(=C\O)C2CC=CC21. The molecule has 5 nitrogen and oxygen atoms in total. The van der Waals surface area contributed by atoms with Crippen LogP contribution in [0.5, 0.6) is 0 Å². The van der Waals surface area contributed by atoms with Crippen molar-refractivity contribution in [3.8, 4) is 0 Å². The van der Waals surface area contributed by atoms with E-state index in [0.717, 1.165) is 11.2 Å². The van der Waals surface area contributed by atoms with Gasteiger partial charge in [0.25, 0.3) is 5.91 Å². The van der Waals surface area contributed by atoms with Crippen molar-refractivity contribution in [3.63, 3.8) is 0 Å². The molecular weight excluding hydrogens is 234 g/mol. The van der Waals surface area contributed by atoms with Crippen LogP contribution in [0, 0.1) is 5.92 Å². The molecule has 1 aliphatic carbocycles. The molecular formula is C13H17NO4. The van der Waals surface area contributed by atoms with Gasteiger partial charge in [0.1, 0.15) is 5.60 Å². The van der Waals surface area contributed by atoms with Gasteiger partial charge in [0, 0.05) is 5.92 Å². The number of likely N-dealkylation sites (tertiary alicyclic amines) is 1. The third-order valence-corrected chi connectivity index (χ3v) is 3.03. The van der Waals surface area contributed by atoms with E-state index < -0.39 is 17.6 Å². The lowest BCUT2D eigenvalue weighted by Crippen LogP contribution is -2.42. The van der Waals surface area contributed by atoms with Crippen molar-refractivity contribution >= 4 is 12.0 Å². The number of nitrogens with zero attached hydrogens (tertiary/aromatic N) is 1. The molecule has 0 saturated carbocycles. The predicted molar refractivity (Wildman–Crippen MR) is 64.8 cm³/mol. The van der Waals surface area contributed by atoms with Crippen LogP contribution in [0.15, 0.2) is 24.0 Å². The molecule has 0 bridgehead atoms. The highest BCUT2D eigenvalue weighted by Gasteiger charge is 2.48. The summed E-state index contributed by atoms with van der Waals surface area (Å²) in [6, 6.07) is -0.328. The van der Waals surface area contributed by atoms with Crippen LogP contribution in [0.4, 0.5) is 4.79 Å². The molecule has 0 radical (unpaired) electrons. The molecule has 1 N–H and O–H groups in total. The number of amides is 2. The second kappa shape index (κ2) is 4.15. The quantitative estimate of drug-likeness (QED) is 0.407. The molecule has 2 amide bonds. The second-order valence-corrected chi connectivity index (χ2v) is 5.50. The summed E-state index contributed by atoms with van der Waals surface area (Å²) in [4.78, 5) is 25.1. The number of imide groups is 1. The first kappa shape index (κ1) is 12.7. The number of fused-ring (bicyclic) bond motifs is 1. The highest BCUT2D eigenvalue weighted by Crippen LogP contribution is 2.38. The summed E-state index contributed by atoms with van der Waals surface area (Å²) in [6.45, 7) is 5.24. The Morgan fingerprint density at radius 1 is 1.56 bits per heavy atom. The monoisotopic (exact) mass is 251 g/mol. The molecule has 5 heteroatoms. The fraction of sp³-hybridized carbons (Fsp3) is 0.538. The first-order valence-corrected chi connectivity index (χ1v) is 5.92. The summed E-state index contributed by atoms with van der Waals surface area (Å²) < 4.78 is 5.22. The third kappa shape index (κ3) is 2.00. The Balaban J connectivity index is 2.25. The molecule has 0 aromatic heterocycles. The number of allylic oxidation sites excluding steroid dienone is 1. The van der Waals surface area contributed by atoms with E-state index in [0.29, 0.717) is 6.42 Å². The van der Waals surface area contributed by atoms with E-state index in [1.807, 2.05) is 12.2 Å². The zero-order chi connectivity index (χ0) is 13.5. The van der Waals surface area contributed by atoms with E-state index in [9.17, 15) is 9.59 Å². The Bertz CT molecular complexity index is 444. The lowest BCUT2D eigenvalue weighted by molar-refractivity contribution is -0.125. The normalized spacial score (nSPS) is 28.9. The van der Waals surface area contributed by atoms with Crippen LogP contribution in [0.3, 0.4) is 0 Å². The number of carbonyl (C=O) groups excluding carboxylic acids is 2. The van der Waals surface area contributed by atoms with Crippen LogP contribution < -0.4 is 0 Å². The van der Waals surface area contributed by atoms with Crippen LogP contribution in [0.2, 0.25) is 0 Å². The Labute approximate surface area is 106 Å². The standard InChI is InChI=1S/C13H17NO4/c1-13(2,3)18-12(17)14-10-6-4-5-8(10)9(7-15)11(14)16/h4,6-8,10,15H,5H2,1-3H3/b9-7-. The van der Waals surface area contributed by atoms with Crippen molar-refractivity contribution in [2.45, 2.75) is 38.8 Å². The lowest BCUT2D eigenvalue weighted by atomic mass is 9.99. The summed E-state index contributed by atoms with van der Waals surface area (Å²) in [5, 5.41) is 9.13. The molecule has 2 atom stereocenters. The fourth-order valence-corrected chi connectivity index (χ4v) is 2.31. The molecule has 2 unspecified atom stereocenters. The number of ether oxygens (including phenoxy) is 1. The largest absolute Gasteiger partial charge is 0.515 e. The van der Waals surface area contributed by atoms with E-state index in [1.54, 1.807) is 20.8 Å². The van der Waals surface area contributed by atoms with Gasteiger partial charge in [-0.3, -0.25) is 4.79 Å². The Morgan fingerprint density at radius 2 is 2.22 bits per heavy atom. The fourth-order valence-electron chi connectivity index (χ4n) is 2.31. The molecule has 2 aliphatic rings. The van der Waals surface area contributed by atoms with Crippen LogP contribution in [0.1, 0.15) is 27.2 Å². The van der Waals surface area contributed by atoms with Crippen LogP contribution >= 0.6 is 0 Å². The number of carbonyl (C=O) groups is 2. The van der Waals surface area contributed by atoms with Gasteiger partial charge in [-0.15, -0.1) is 0 Å². The Hall–Kier alpha value is -1.78. The van der Waals surface area contributed by atoms with Crippen molar-refractivity contribution < 1.29 is 19.4 Å². The minimum Gasteiger partial charge on any atom is -0.515 e. The zero-order valence-corrected chi connectivity index (χ0v) is 10.7. The van der Waals surface area contributed by atoms with E-state index in [-0.39, 0.29) is 17.5 Å². The molecule has 2 rings (SSSR count). The highest BCUT2D eigenvalue weighted by molar-refractivity contribution is 6.06. The summed E-state index contributed by atoms with van der Waals surface area (Å²) in [5.41, 5.74) is -0.378. The van der Waals surface area contributed by atoms with E-state index in [1.165, 1.54) is 0 Å².